The Hall–Kier alpha value is -1.92. The summed E-state index contributed by atoms with van der Waals surface area (Å²) >= 11 is 9.43. The van der Waals surface area contributed by atoms with Crippen LogP contribution in [0, 0.1) is 0 Å². The minimum atomic E-state index is -0.399. The topological polar surface area (TPSA) is 51.0 Å². The second-order valence-corrected chi connectivity index (χ2v) is 6.18. The second-order valence-electron chi connectivity index (χ2n) is 4.93. The molecule has 0 aliphatic carbocycles. The van der Waals surface area contributed by atoms with Gasteiger partial charge in [0, 0.05) is 24.5 Å². The molecule has 0 amide bonds. The number of halogens is 2. The Morgan fingerprint density at radius 2 is 1.95 bits per heavy atom. The Balaban J connectivity index is 2.45. The Morgan fingerprint density at radius 1 is 1.18 bits per heavy atom. The number of hydrogen-bond acceptors (Lipinski definition) is 4. The van der Waals surface area contributed by atoms with Crippen LogP contribution in [0.2, 0.25) is 5.02 Å². The molecule has 0 saturated carbocycles. The molecule has 0 bridgehead atoms. The summed E-state index contributed by atoms with van der Waals surface area (Å²) in [7, 11) is 3.69. The lowest BCUT2D eigenvalue weighted by Crippen LogP contribution is -2.26. The van der Waals surface area contributed by atoms with E-state index in [4.69, 9.17) is 11.6 Å². The lowest BCUT2D eigenvalue weighted by Gasteiger charge is -2.17. The number of anilines is 1. The minimum absolute atomic E-state index is 0.399. The number of rotatable bonds is 2. The van der Waals surface area contributed by atoms with Gasteiger partial charge in [0.15, 0.2) is 0 Å². The first-order valence-corrected chi connectivity index (χ1v) is 7.67. The highest BCUT2D eigenvalue weighted by Crippen LogP contribution is 2.26. The van der Waals surface area contributed by atoms with E-state index in [1.807, 2.05) is 26.2 Å². The normalized spacial score (nSPS) is 10.9. The first-order valence-electron chi connectivity index (χ1n) is 6.50. The van der Waals surface area contributed by atoms with Crippen LogP contribution in [0.4, 0.5) is 5.82 Å². The van der Waals surface area contributed by atoms with Gasteiger partial charge in [-0.05, 0) is 46.3 Å². The number of fused-ring (bicyclic) bond motifs is 1. The zero-order valence-electron chi connectivity index (χ0n) is 11.9. The molecule has 0 aliphatic heterocycles. The van der Waals surface area contributed by atoms with Crippen LogP contribution in [-0.4, -0.2) is 28.6 Å². The minimum Gasteiger partial charge on any atom is -0.362 e. The van der Waals surface area contributed by atoms with E-state index in [0.29, 0.717) is 26.8 Å². The third-order valence-corrected chi connectivity index (χ3v) is 3.86. The first-order chi connectivity index (χ1) is 10.5. The second kappa shape index (κ2) is 5.70. The van der Waals surface area contributed by atoms with Gasteiger partial charge in [-0.3, -0.25) is 0 Å². The SMILES string of the molecule is CN(C)c1nc(=O)n(-c2cccc(Br)n2)c2cc(Cl)ccc12. The highest BCUT2D eigenvalue weighted by atomic mass is 79.9. The third kappa shape index (κ3) is 2.60. The van der Waals surface area contributed by atoms with Crippen LogP contribution in [0.3, 0.4) is 0 Å². The van der Waals surface area contributed by atoms with Crippen molar-refractivity contribution in [2.75, 3.05) is 19.0 Å². The molecule has 0 atom stereocenters. The van der Waals surface area contributed by atoms with Gasteiger partial charge in [-0.2, -0.15) is 4.98 Å². The molecule has 0 fully saturated rings. The number of nitrogens with zero attached hydrogens (tertiary/aromatic N) is 4. The van der Waals surface area contributed by atoms with Crippen LogP contribution >= 0.6 is 27.5 Å². The highest BCUT2D eigenvalue weighted by Gasteiger charge is 2.14. The summed E-state index contributed by atoms with van der Waals surface area (Å²) in [4.78, 5) is 22.8. The monoisotopic (exact) mass is 378 g/mol. The van der Waals surface area contributed by atoms with E-state index < -0.39 is 5.69 Å². The molecule has 1 aromatic carbocycles. The number of aromatic nitrogens is 3. The Morgan fingerprint density at radius 3 is 2.64 bits per heavy atom. The summed E-state index contributed by atoms with van der Waals surface area (Å²) in [6.45, 7) is 0. The Kier molecular flexibility index (Phi) is 3.88. The summed E-state index contributed by atoms with van der Waals surface area (Å²) in [6, 6.07) is 10.7. The molecule has 0 radical (unpaired) electrons. The molecule has 3 rings (SSSR count). The summed E-state index contributed by atoms with van der Waals surface area (Å²) in [5, 5.41) is 1.38. The molecular formula is C15H12BrClN4O. The third-order valence-electron chi connectivity index (χ3n) is 3.19. The highest BCUT2D eigenvalue weighted by molar-refractivity contribution is 9.10. The molecule has 2 aromatic heterocycles. The molecule has 0 N–H and O–H groups in total. The molecule has 112 valence electrons. The van der Waals surface area contributed by atoms with Crippen molar-refractivity contribution in [1.29, 1.82) is 0 Å². The van der Waals surface area contributed by atoms with Gasteiger partial charge in [0.2, 0.25) is 0 Å². The Labute approximate surface area is 140 Å². The lowest BCUT2D eigenvalue weighted by atomic mass is 10.2. The predicted molar refractivity (Wildman–Crippen MR) is 92.2 cm³/mol. The first kappa shape index (κ1) is 15.0. The maximum atomic E-state index is 12.5. The van der Waals surface area contributed by atoms with Crippen LogP contribution in [0.5, 0.6) is 0 Å². The summed E-state index contributed by atoms with van der Waals surface area (Å²) in [5.41, 5.74) is 0.269. The van der Waals surface area contributed by atoms with Crippen LogP contribution in [0.25, 0.3) is 16.7 Å². The van der Waals surface area contributed by atoms with E-state index in [1.165, 1.54) is 4.57 Å². The Bertz CT molecular complexity index is 923. The van der Waals surface area contributed by atoms with E-state index in [0.717, 1.165) is 5.39 Å². The van der Waals surface area contributed by atoms with Gasteiger partial charge in [0.1, 0.15) is 16.2 Å². The van der Waals surface area contributed by atoms with Gasteiger partial charge in [0.25, 0.3) is 0 Å². The van der Waals surface area contributed by atoms with Crippen molar-refractivity contribution < 1.29 is 0 Å². The molecular weight excluding hydrogens is 368 g/mol. The number of benzene rings is 1. The molecule has 7 heteroatoms. The molecule has 3 aromatic rings. The van der Waals surface area contributed by atoms with Gasteiger partial charge >= 0.3 is 5.69 Å². The van der Waals surface area contributed by atoms with Crippen molar-refractivity contribution in [1.82, 2.24) is 14.5 Å². The predicted octanol–water partition coefficient (Wildman–Crippen LogP) is 3.26. The standard InChI is InChI=1S/C15H12BrClN4O/c1-20(2)14-10-7-6-9(17)8-11(10)21(15(22)19-14)13-5-3-4-12(16)18-13/h3-8H,1-2H3. The zero-order valence-corrected chi connectivity index (χ0v) is 14.3. The maximum absolute atomic E-state index is 12.5. The fraction of sp³-hybridized carbons (Fsp3) is 0.133. The molecule has 0 saturated heterocycles. The largest absolute Gasteiger partial charge is 0.362 e. The lowest BCUT2D eigenvalue weighted by molar-refractivity contribution is 0.904. The van der Waals surface area contributed by atoms with Gasteiger partial charge in [-0.25, -0.2) is 14.3 Å². The molecule has 5 nitrogen and oxygen atoms in total. The number of pyridine rings is 1. The van der Waals surface area contributed by atoms with E-state index in [1.54, 1.807) is 29.2 Å². The van der Waals surface area contributed by atoms with Crippen LogP contribution in [0.15, 0.2) is 45.8 Å². The van der Waals surface area contributed by atoms with E-state index in [2.05, 4.69) is 25.9 Å². The average molecular weight is 380 g/mol. The molecule has 0 unspecified atom stereocenters. The van der Waals surface area contributed by atoms with E-state index in [-0.39, 0.29) is 0 Å². The number of hydrogen-bond donors (Lipinski definition) is 0. The summed E-state index contributed by atoms with van der Waals surface area (Å²) in [6.07, 6.45) is 0. The van der Waals surface area contributed by atoms with Gasteiger partial charge < -0.3 is 4.90 Å². The van der Waals surface area contributed by atoms with Gasteiger partial charge in [-0.15, -0.1) is 0 Å². The van der Waals surface area contributed by atoms with E-state index >= 15 is 0 Å². The average Bonchev–Trinajstić information content (AvgIpc) is 2.45. The van der Waals surface area contributed by atoms with Crippen molar-refractivity contribution in [3.05, 3.63) is 56.5 Å². The smallest absolute Gasteiger partial charge is 0.355 e. The van der Waals surface area contributed by atoms with Crippen molar-refractivity contribution in [3.63, 3.8) is 0 Å². The molecule has 0 spiro atoms. The zero-order chi connectivity index (χ0) is 15.9. The molecule has 2 heterocycles. The van der Waals surface area contributed by atoms with E-state index in [9.17, 15) is 4.79 Å². The molecule has 0 aliphatic rings. The van der Waals surface area contributed by atoms with Crippen LogP contribution in [-0.2, 0) is 0 Å². The van der Waals surface area contributed by atoms with Crippen molar-refractivity contribution >= 4 is 44.3 Å². The maximum Gasteiger partial charge on any atom is 0.355 e. The van der Waals surface area contributed by atoms with Gasteiger partial charge in [-0.1, -0.05) is 17.7 Å². The fourth-order valence-corrected chi connectivity index (χ4v) is 2.77. The van der Waals surface area contributed by atoms with Crippen molar-refractivity contribution in [2.24, 2.45) is 0 Å². The summed E-state index contributed by atoms with van der Waals surface area (Å²) in [5.74, 6) is 1.09. The van der Waals surface area contributed by atoms with Crippen molar-refractivity contribution in [3.8, 4) is 5.82 Å². The van der Waals surface area contributed by atoms with Crippen LogP contribution < -0.4 is 10.6 Å². The molecule has 22 heavy (non-hydrogen) atoms. The van der Waals surface area contributed by atoms with Gasteiger partial charge in [0.05, 0.1) is 5.52 Å². The quantitative estimate of drug-likeness (QED) is 0.641. The van der Waals surface area contributed by atoms with Crippen molar-refractivity contribution in [2.45, 2.75) is 0 Å². The fourth-order valence-electron chi connectivity index (χ4n) is 2.27. The summed E-state index contributed by atoms with van der Waals surface area (Å²) < 4.78 is 2.10. The van der Waals surface area contributed by atoms with Crippen LogP contribution in [0.1, 0.15) is 0 Å².